The molecule has 0 spiro atoms. The number of urea groups is 1. The Morgan fingerprint density at radius 2 is 1.67 bits per heavy atom. The van der Waals surface area contributed by atoms with Crippen LogP contribution in [0.1, 0.15) is 64.9 Å². The number of hydrogen-bond donors (Lipinski definition) is 1. The number of carbonyl (C=O) groups excluding carboxylic acids is 2. The fraction of sp³-hybridized carbons (Fsp3) is 0.692. The van der Waals surface area contributed by atoms with Crippen molar-refractivity contribution in [1.82, 2.24) is 20.0 Å². The molecule has 2 fully saturated rings. The first-order valence-corrected chi connectivity index (χ1v) is 12.5. The molecule has 1 saturated heterocycles. The van der Waals surface area contributed by atoms with Gasteiger partial charge in [-0.2, -0.15) is 0 Å². The number of rotatable bonds is 7. The van der Waals surface area contributed by atoms with Gasteiger partial charge in [0.25, 0.3) is 0 Å². The van der Waals surface area contributed by atoms with Crippen LogP contribution in [0.4, 0.5) is 9.18 Å². The van der Waals surface area contributed by atoms with Crippen LogP contribution in [-0.2, 0) is 11.3 Å². The number of halogens is 1. The molecule has 1 heterocycles. The molecule has 0 aromatic heterocycles. The summed E-state index contributed by atoms with van der Waals surface area (Å²) in [5, 5.41) is 3.22. The summed E-state index contributed by atoms with van der Waals surface area (Å²) < 4.78 is 13.3. The van der Waals surface area contributed by atoms with Crippen LogP contribution in [-0.4, -0.2) is 71.9 Å². The molecule has 1 saturated carbocycles. The summed E-state index contributed by atoms with van der Waals surface area (Å²) in [5.74, 6) is -0.0391. The molecule has 1 N–H and O–H groups in total. The van der Waals surface area contributed by atoms with Crippen molar-refractivity contribution in [2.45, 2.75) is 71.9 Å². The third-order valence-electron chi connectivity index (χ3n) is 6.60. The Morgan fingerprint density at radius 1 is 1.03 bits per heavy atom. The van der Waals surface area contributed by atoms with Gasteiger partial charge in [-0.05, 0) is 36.0 Å². The summed E-state index contributed by atoms with van der Waals surface area (Å²) in [4.78, 5) is 31.7. The summed E-state index contributed by atoms with van der Waals surface area (Å²) in [5.41, 5.74) is 0.925. The Hall–Kier alpha value is -2.15. The molecule has 0 atom stereocenters. The molecule has 0 unspecified atom stereocenters. The Morgan fingerprint density at radius 3 is 2.27 bits per heavy atom. The second-order valence-electron chi connectivity index (χ2n) is 10.8. The Balaban J connectivity index is 1.53. The van der Waals surface area contributed by atoms with Crippen molar-refractivity contribution < 1.29 is 14.0 Å². The van der Waals surface area contributed by atoms with E-state index in [2.05, 4.69) is 31.0 Å². The van der Waals surface area contributed by atoms with Crippen molar-refractivity contribution in [3.05, 3.63) is 35.6 Å². The fourth-order valence-electron chi connectivity index (χ4n) is 4.62. The fourth-order valence-corrected chi connectivity index (χ4v) is 4.62. The van der Waals surface area contributed by atoms with Crippen molar-refractivity contribution in [2.75, 3.05) is 39.3 Å². The molecule has 184 valence electrons. The minimum atomic E-state index is -0.268. The lowest BCUT2D eigenvalue weighted by Gasteiger charge is -2.37. The van der Waals surface area contributed by atoms with Crippen LogP contribution < -0.4 is 5.32 Å². The molecule has 1 aromatic carbocycles. The smallest absolute Gasteiger partial charge is 0.317 e. The average molecular weight is 461 g/mol. The van der Waals surface area contributed by atoms with Gasteiger partial charge in [-0.15, -0.1) is 0 Å². The topological polar surface area (TPSA) is 55.9 Å². The van der Waals surface area contributed by atoms with Crippen molar-refractivity contribution in [2.24, 2.45) is 5.41 Å². The number of hydrogen-bond acceptors (Lipinski definition) is 3. The lowest BCUT2D eigenvalue weighted by atomic mass is 9.91. The molecule has 1 aliphatic carbocycles. The van der Waals surface area contributed by atoms with Crippen molar-refractivity contribution in [3.63, 3.8) is 0 Å². The standard InChI is InChI=1S/C26H41FN4O2/c1-26(2,3)19-24(32)30-16-13-29(14-17-30)15-18-31(20-21-9-11-22(27)12-10-21)25(33)28-23-7-5-4-6-8-23/h9-12,23H,4-8,13-20H2,1-3H3,(H,28,33). The summed E-state index contributed by atoms with van der Waals surface area (Å²) >= 11 is 0. The predicted octanol–water partition coefficient (Wildman–Crippen LogP) is 4.25. The first-order chi connectivity index (χ1) is 15.7. The third-order valence-corrected chi connectivity index (χ3v) is 6.60. The van der Waals surface area contributed by atoms with Gasteiger partial charge in [0, 0.05) is 58.3 Å². The Labute approximate surface area is 198 Å². The van der Waals surface area contributed by atoms with E-state index in [1.165, 1.54) is 31.4 Å². The number of carbonyl (C=O) groups is 2. The number of piperazine rings is 1. The van der Waals surface area contributed by atoms with E-state index in [0.29, 0.717) is 19.5 Å². The van der Waals surface area contributed by atoms with Crippen molar-refractivity contribution in [1.29, 1.82) is 0 Å². The van der Waals surface area contributed by atoms with Crippen LogP contribution in [0, 0.1) is 11.2 Å². The molecule has 3 amide bonds. The molecule has 1 aromatic rings. The average Bonchev–Trinajstić information content (AvgIpc) is 2.77. The third kappa shape index (κ3) is 8.61. The zero-order chi connectivity index (χ0) is 23.8. The van der Waals surface area contributed by atoms with Gasteiger partial charge in [-0.25, -0.2) is 9.18 Å². The van der Waals surface area contributed by atoms with Crippen LogP contribution in [0.25, 0.3) is 0 Å². The molecule has 33 heavy (non-hydrogen) atoms. The highest BCUT2D eigenvalue weighted by Crippen LogP contribution is 2.21. The normalized spacial score (nSPS) is 18.2. The van der Waals surface area contributed by atoms with Crippen molar-refractivity contribution in [3.8, 4) is 0 Å². The summed E-state index contributed by atoms with van der Waals surface area (Å²) in [7, 11) is 0. The van der Waals surface area contributed by atoms with Crippen LogP contribution in [0.15, 0.2) is 24.3 Å². The zero-order valence-corrected chi connectivity index (χ0v) is 20.6. The number of amides is 3. The molecule has 6 nitrogen and oxygen atoms in total. The minimum Gasteiger partial charge on any atom is -0.340 e. The maximum absolute atomic E-state index is 13.3. The highest BCUT2D eigenvalue weighted by molar-refractivity contribution is 5.77. The van der Waals surface area contributed by atoms with Gasteiger partial charge in [0.1, 0.15) is 5.82 Å². The van der Waals surface area contributed by atoms with E-state index in [1.807, 2.05) is 9.80 Å². The molecule has 2 aliphatic rings. The van der Waals surface area contributed by atoms with E-state index in [4.69, 9.17) is 0 Å². The van der Waals surface area contributed by atoms with E-state index >= 15 is 0 Å². The van der Waals surface area contributed by atoms with Gasteiger partial charge in [0.15, 0.2) is 0 Å². The molecule has 0 radical (unpaired) electrons. The van der Waals surface area contributed by atoms with Gasteiger partial charge in [-0.1, -0.05) is 52.2 Å². The van der Waals surface area contributed by atoms with E-state index in [-0.39, 0.29) is 29.2 Å². The molecular weight excluding hydrogens is 419 g/mol. The monoisotopic (exact) mass is 460 g/mol. The molecule has 0 bridgehead atoms. The summed E-state index contributed by atoms with van der Waals surface area (Å²) in [6.07, 6.45) is 6.24. The summed E-state index contributed by atoms with van der Waals surface area (Å²) in [6, 6.07) is 6.59. The first kappa shape index (κ1) is 25.5. The Kier molecular flexibility index (Phi) is 9.12. The van der Waals surface area contributed by atoms with Gasteiger partial charge in [-0.3, -0.25) is 9.69 Å². The lowest BCUT2D eigenvalue weighted by Crippen LogP contribution is -2.52. The Bertz CT molecular complexity index is 763. The maximum Gasteiger partial charge on any atom is 0.317 e. The number of benzene rings is 1. The molecule has 1 aliphatic heterocycles. The number of nitrogens with one attached hydrogen (secondary N) is 1. The second-order valence-corrected chi connectivity index (χ2v) is 10.8. The van der Waals surface area contributed by atoms with Crippen LogP contribution in [0.5, 0.6) is 0 Å². The van der Waals surface area contributed by atoms with Crippen LogP contribution in [0.3, 0.4) is 0 Å². The van der Waals surface area contributed by atoms with Gasteiger partial charge >= 0.3 is 6.03 Å². The molecular formula is C26H41FN4O2. The van der Waals surface area contributed by atoms with Gasteiger partial charge < -0.3 is 15.1 Å². The van der Waals surface area contributed by atoms with E-state index < -0.39 is 0 Å². The van der Waals surface area contributed by atoms with E-state index in [0.717, 1.165) is 51.1 Å². The lowest BCUT2D eigenvalue weighted by molar-refractivity contribution is -0.134. The zero-order valence-electron chi connectivity index (χ0n) is 20.6. The second kappa shape index (κ2) is 11.8. The minimum absolute atomic E-state index is 0.000761. The highest BCUT2D eigenvalue weighted by atomic mass is 19.1. The van der Waals surface area contributed by atoms with E-state index in [1.54, 1.807) is 12.1 Å². The van der Waals surface area contributed by atoms with Crippen LogP contribution in [0.2, 0.25) is 0 Å². The molecule has 3 rings (SSSR count). The highest BCUT2D eigenvalue weighted by Gasteiger charge is 2.26. The SMILES string of the molecule is CC(C)(C)CC(=O)N1CCN(CCN(Cc2ccc(F)cc2)C(=O)NC2CCCCC2)CC1. The largest absolute Gasteiger partial charge is 0.340 e. The van der Waals surface area contributed by atoms with Crippen LogP contribution >= 0.6 is 0 Å². The predicted molar refractivity (Wildman–Crippen MR) is 129 cm³/mol. The summed E-state index contributed by atoms with van der Waals surface area (Å²) in [6.45, 7) is 11.2. The first-order valence-electron chi connectivity index (χ1n) is 12.5. The van der Waals surface area contributed by atoms with E-state index in [9.17, 15) is 14.0 Å². The van der Waals surface area contributed by atoms with Crippen molar-refractivity contribution >= 4 is 11.9 Å². The maximum atomic E-state index is 13.3. The number of nitrogens with zero attached hydrogens (tertiary/aromatic N) is 3. The quantitative estimate of drug-likeness (QED) is 0.662. The van der Waals surface area contributed by atoms with Gasteiger partial charge in [0.05, 0.1) is 0 Å². The molecule has 7 heteroatoms. The van der Waals surface area contributed by atoms with Gasteiger partial charge in [0.2, 0.25) is 5.91 Å².